The highest BCUT2D eigenvalue weighted by atomic mass is 16.5. The average molecular weight is 254 g/mol. The van der Waals surface area contributed by atoms with Crippen LogP contribution in [0.1, 0.15) is 40.0 Å². The van der Waals surface area contributed by atoms with Gasteiger partial charge in [0.25, 0.3) is 0 Å². The zero-order valence-corrected chi connectivity index (χ0v) is 11.8. The second-order valence-corrected chi connectivity index (χ2v) is 6.11. The van der Waals surface area contributed by atoms with Crippen LogP contribution in [0.3, 0.4) is 0 Å². The fourth-order valence-electron chi connectivity index (χ4n) is 2.98. The number of ether oxygens (including phenoxy) is 1. The topological polar surface area (TPSA) is 50.4 Å². The fourth-order valence-corrected chi connectivity index (χ4v) is 2.98. The second kappa shape index (κ2) is 5.57. The molecule has 18 heavy (non-hydrogen) atoms. The monoisotopic (exact) mass is 254 g/mol. The van der Waals surface area contributed by atoms with E-state index in [1.165, 1.54) is 0 Å². The van der Waals surface area contributed by atoms with Gasteiger partial charge in [0.2, 0.25) is 5.91 Å². The van der Waals surface area contributed by atoms with Gasteiger partial charge < -0.3 is 15.4 Å². The van der Waals surface area contributed by atoms with Gasteiger partial charge in [-0.25, -0.2) is 0 Å². The molecule has 1 saturated heterocycles. The van der Waals surface area contributed by atoms with E-state index in [1.807, 2.05) is 6.92 Å². The van der Waals surface area contributed by atoms with Gasteiger partial charge >= 0.3 is 0 Å². The lowest BCUT2D eigenvalue weighted by atomic mass is 9.64. The summed E-state index contributed by atoms with van der Waals surface area (Å²) in [6.07, 6.45) is 3.36. The molecular weight excluding hydrogens is 228 g/mol. The quantitative estimate of drug-likeness (QED) is 0.795. The van der Waals surface area contributed by atoms with Crippen LogP contribution in [-0.4, -0.2) is 37.7 Å². The Labute approximate surface area is 110 Å². The summed E-state index contributed by atoms with van der Waals surface area (Å²) in [5.41, 5.74) is 0.0633. The maximum Gasteiger partial charge on any atom is 0.224 e. The highest BCUT2D eigenvalue weighted by Gasteiger charge is 2.49. The van der Waals surface area contributed by atoms with Crippen molar-refractivity contribution in [3.05, 3.63) is 0 Å². The SMILES string of the molecule is CCOC1CC(NC(=O)[C@H]2CCCNC2)C1(C)C. The summed E-state index contributed by atoms with van der Waals surface area (Å²) in [7, 11) is 0. The zero-order valence-electron chi connectivity index (χ0n) is 11.8. The summed E-state index contributed by atoms with van der Waals surface area (Å²) in [6, 6.07) is 0.267. The Hall–Kier alpha value is -0.610. The molecule has 4 heteroatoms. The number of piperidine rings is 1. The van der Waals surface area contributed by atoms with E-state index in [4.69, 9.17) is 4.74 Å². The third-order valence-corrected chi connectivity index (χ3v) is 4.53. The van der Waals surface area contributed by atoms with Crippen LogP contribution in [0.2, 0.25) is 0 Å². The van der Waals surface area contributed by atoms with Crippen LogP contribution in [0.25, 0.3) is 0 Å². The van der Waals surface area contributed by atoms with E-state index in [9.17, 15) is 4.79 Å². The number of carbonyl (C=O) groups is 1. The lowest BCUT2D eigenvalue weighted by Gasteiger charge is -2.52. The summed E-state index contributed by atoms with van der Waals surface area (Å²) in [5, 5.41) is 6.50. The first-order valence-corrected chi connectivity index (χ1v) is 7.18. The van der Waals surface area contributed by atoms with Crippen LogP contribution in [0, 0.1) is 11.3 Å². The summed E-state index contributed by atoms with van der Waals surface area (Å²) < 4.78 is 5.69. The van der Waals surface area contributed by atoms with Crippen molar-refractivity contribution in [3.8, 4) is 0 Å². The molecule has 2 aliphatic rings. The van der Waals surface area contributed by atoms with Crippen LogP contribution in [-0.2, 0) is 9.53 Å². The highest BCUT2D eigenvalue weighted by Crippen LogP contribution is 2.42. The minimum Gasteiger partial charge on any atom is -0.378 e. The van der Waals surface area contributed by atoms with Crippen molar-refractivity contribution in [2.75, 3.05) is 19.7 Å². The molecule has 0 bridgehead atoms. The van der Waals surface area contributed by atoms with Gasteiger partial charge in [-0.3, -0.25) is 4.79 Å². The second-order valence-electron chi connectivity index (χ2n) is 6.11. The molecule has 2 fully saturated rings. The van der Waals surface area contributed by atoms with Gasteiger partial charge in [-0.05, 0) is 32.7 Å². The molecule has 1 amide bonds. The van der Waals surface area contributed by atoms with Gasteiger partial charge in [-0.1, -0.05) is 13.8 Å². The molecule has 1 saturated carbocycles. The van der Waals surface area contributed by atoms with Gasteiger partial charge in [-0.15, -0.1) is 0 Å². The standard InChI is InChI=1S/C14H26N2O2/c1-4-18-12-8-11(14(12,2)3)16-13(17)10-6-5-7-15-9-10/h10-12,15H,4-9H2,1-3H3,(H,16,17)/t10-,11?,12?/m0/s1. The Morgan fingerprint density at radius 2 is 2.28 bits per heavy atom. The van der Waals surface area contributed by atoms with Gasteiger partial charge in [0.1, 0.15) is 0 Å². The molecular formula is C14H26N2O2. The maximum atomic E-state index is 12.2. The van der Waals surface area contributed by atoms with Gasteiger partial charge in [0.15, 0.2) is 0 Å². The predicted molar refractivity (Wildman–Crippen MR) is 71.3 cm³/mol. The predicted octanol–water partition coefficient (Wildman–Crippen LogP) is 1.31. The first-order chi connectivity index (χ1) is 8.55. The maximum absolute atomic E-state index is 12.2. The molecule has 3 atom stereocenters. The summed E-state index contributed by atoms with van der Waals surface area (Å²) in [5.74, 6) is 0.371. The van der Waals surface area contributed by atoms with E-state index in [1.54, 1.807) is 0 Å². The molecule has 2 N–H and O–H groups in total. The van der Waals surface area contributed by atoms with E-state index in [2.05, 4.69) is 24.5 Å². The molecule has 0 radical (unpaired) electrons. The number of carbonyl (C=O) groups excluding carboxylic acids is 1. The highest BCUT2D eigenvalue weighted by molar-refractivity contribution is 5.79. The zero-order chi connectivity index (χ0) is 13.2. The van der Waals surface area contributed by atoms with Crippen LogP contribution in [0.4, 0.5) is 0 Å². The van der Waals surface area contributed by atoms with Crippen molar-refractivity contribution in [2.45, 2.75) is 52.2 Å². The number of rotatable bonds is 4. The van der Waals surface area contributed by atoms with Crippen LogP contribution in [0.15, 0.2) is 0 Å². The fraction of sp³-hybridized carbons (Fsp3) is 0.929. The molecule has 1 aliphatic carbocycles. The minimum atomic E-state index is 0.0633. The molecule has 0 aromatic carbocycles. The Morgan fingerprint density at radius 3 is 2.83 bits per heavy atom. The molecule has 4 nitrogen and oxygen atoms in total. The van der Waals surface area contributed by atoms with Crippen molar-refractivity contribution in [2.24, 2.45) is 11.3 Å². The third-order valence-electron chi connectivity index (χ3n) is 4.53. The molecule has 0 aromatic rings. The van der Waals surface area contributed by atoms with Crippen LogP contribution >= 0.6 is 0 Å². The van der Waals surface area contributed by atoms with E-state index in [0.29, 0.717) is 0 Å². The Kier molecular flexibility index (Phi) is 4.28. The van der Waals surface area contributed by atoms with Crippen molar-refractivity contribution in [1.29, 1.82) is 0 Å². The first kappa shape index (κ1) is 13.8. The number of nitrogens with one attached hydrogen (secondary N) is 2. The molecule has 1 aliphatic heterocycles. The number of amides is 1. The largest absolute Gasteiger partial charge is 0.378 e. The van der Waals surface area contributed by atoms with E-state index in [0.717, 1.165) is 39.0 Å². The first-order valence-electron chi connectivity index (χ1n) is 7.18. The minimum absolute atomic E-state index is 0.0633. The van der Waals surface area contributed by atoms with Crippen molar-refractivity contribution >= 4 is 5.91 Å². The number of hydrogen-bond acceptors (Lipinski definition) is 3. The third kappa shape index (κ3) is 2.69. The lowest BCUT2D eigenvalue weighted by Crippen LogP contribution is -2.63. The Morgan fingerprint density at radius 1 is 1.50 bits per heavy atom. The summed E-state index contributed by atoms with van der Waals surface area (Å²) >= 11 is 0. The molecule has 1 heterocycles. The van der Waals surface area contributed by atoms with E-state index in [-0.39, 0.29) is 29.4 Å². The Balaban J connectivity index is 1.81. The van der Waals surface area contributed by atoms with Gasteiger partial charge in [0, 0.05) is 24.6 Å². The van der Waals surface area contributed by atoms with E-state index >= 15 is 0 Å². The molecule has 2 rings (SSSR count). The summed E-state index contributed by atoms with van der Waals surface area (Å²) in [6.45, 7) is 9.01. The van der Waals surface area contributed by atoms with Gasteiger partial charge in [0.05, 0.1) is 12.0 Å². The number of hydrogen-bond donors (Lipinski definition) is 2. The lowest BCUT2D eigenvalue weighted by molar-refractivity contribution is -0.140. The normalized spacial score (nSPS) is 34.7. The van der Waals surface area contributed by atoms with Crippen molar-refractivity contribution in [1.82, 2.24) is 10.6 Å². The smallest absolute Gasteiger partial charge is 0.224 e. The average Bonchev–Trinajstić information content (AvgIpc) is 2.38. The molecule has 104 valence electrons. The van der Waals surface area contributed by atoms with Crippen molar-refractivity contribution < 1.29 is 9.53 Å². The molecule has 0 spiro atoms. The molecule has 0 aromatic heterocycles. The van der Waals surface area contributed by atoms with Crippen molar-refractivity contribution in [3.63, 3.8) is 0 Å². The summed E-state index contributed by atoms with van der Waals surface area (Å²) in [4.78, 5) is 12.2. The van der Waals surface area contributed by atoms with Gasteiger partial charge in [-0.2, -0.15) is 0 Å². The van der Waals surface area contributed by atoms with Crippen LogP contribution < -0.4 is 10.6 Å². The van der Waals surface area contributed by atoms with Crippen LogP contribution in [0.5, 0.6) is 0 Å². The molecule has 2 unspecified atom stereocenters. The Bertz CT molecular complexity index is 298. The van der Waals surface area contributed by atoms with E-state index < -0.39 is 0 Å².